The molecule has 0 aliphatic rings. The standard InChI is InChI=1S/C16H19NO2S/c1-16(2,3)12-4-6-13(7-5-12)17-14-8-10-15(11-9-14)20(18)19/h4-11,17H,1-3H3,(H,18,19). The highest BCUT2D eigenvalue weighted by molar-refractivity contribution is 7.79. The van der Waals surface area contributed by atoms with Crippen molar-refractivity contribution in [3.05, 3.63) is 54.1 Å². The van der Waals surface area contributed by atoms with E-state index in [1.54, 1.807) is 24.3 Å². The van der Waals surface area contributed by atoms with Crippen molar-refractivity contribution in [2.24, 2.45) is 0 Å². The second-order valence-electron chi connectivity index (χ2n) is 5.73. The first-order valence-corrected chi connectivity index (χ1v) is 7.55. The van der Waals surface area contributed by atoms with Crippen LogP contribution in [0.3, 0.4) is 0 Å². The first-order valence-electron chi connectivity index (χ1n) is 6.45. The van der Waals surface area contributed by atoms with Crippen molar-refractivity contribution in [1.82, 2.24) is 0 Å². The van der Waals surface area contributed by atoms with Crippen molar-refractivity contribution < 1.29 is 8.76 Å². The van der Waals surface area contributed by atoms with E-state index >= 15 is 0 Å². The van der Waals surface area contributed by atoms with E-state index in [4.69, 9.17) is 4.55 Å². The molecule has 20 heavy (non-hydrogen) atoms. The molecular weight excluding hydrogens is 270 g/mol. The Kier molecular flexibility index (Phi) is 4.26. The fourth-order valence-corrected chi connectivity index (χ4v) is 2.24. The molecular formula is C16H19NO2S. The summed E-state index contributed by atoms with van der Waals surface area (Å²) in [6, 6.07) is 15.2. The Morgan fingerprint density at radius 2 is 1.35 bits per heavy atom. The number of anilines is 2. The lowest BCUT2D eigenvalue weighted by molar-refractivity contribution is 0.564. The van der Waals surface area contributed by atoms with Crippen LogP contribution in [0.4, 0.5) is 11.4 Å². The van der Waals surface area contributed by atoms with Gasteiger partial charge in [0.25, 0.3) is 0 Å². The zero-order valence-corrected chi connectivity index (χ0v) is 12.7. The van der Waals surface area contributed by atoms with E-state index in [0.29, 0.717) is 4.90 Å². The van der Waals surface area contributed by atoms with Gasteiger partial charge in [0.2, 0.25) is 0 Å². The largest absolute Gasteiger partial charge is 0.356 e. The summed E-state index contributed by atoms with van der Waals surface area (Å²) in [6.07, 6.45) is 0. The maximum Gasteiger partial charge on any atom is 0.186 e. The minimum Gasteiger partial charge on any atom is -0.356 e. The normalized spacial score (nSPS) is 13.0. The molecule has 1 unspecified atom stereocenters. The fourth-order valence-electron chi connectivity index (χ4n) is 1.87. The molecule has 0 aliphatic heterocycles. The minimum atomic E-state index is -1.92. The van der Waals surface area contributed by atoms with Crippen LogP contribution in [0.15, 0.2) is 53.4 Å². The van der Waals surface area contributed by atoms with Gasteiger partial charge in [-0.15, -0.1) is 0 Å². The van der Waals surface area contributed by atoms with Crippen molar-refractivity contribution in [1.29, 1.82) is 0 Å². The molecule has 2 aromatic carbocycles. The number of rotatable bonds is 3. The van der Waals surface area contributed by atoms with Crippen molar-refractivity contribution in [3.63, 3.8) is 0 Å². The van der Waals surface area contributed by atoms with Crippen LogP contribution in [-0.2, 0) is 16.5 Å². The van der Waals surface area contributed by atoms with E-state index in [1.165, 1.54) is 5.56 Å². The van der Waals surface area contributed by atoms with Crippen LogP contribution in [0.5, 0.6) is 0 Å². The molecule has 0 saturated carbocycles. The monoisotopic (exact) mass is 289 g/mol. The molecule has 4 heteroatoms. The molecule has 0 fully saturated rings. The molecule has 0 aliphatic carbocycles. The van der Waals surface area contributed by atoms with Crippen molar-refractivity contribution >= 4 is 22.5 Å². The zero-order valence-electron chi connectivity index (χ0n) is 11.9. The molecule has 2 aromatic rings. The molecule has 2 N–H and O–H groups in total. The third-order valence-electron chi connectivity index (χ3n) is 3.10. The van der Waals surface area contributed by atoms with Gasteiger partial charge in [0.15, 0.2) is 11.1 Å². The second-order valence-corrected chi connectivity index (χ2v) is 6.70. The Morgan fingerprint density at radius 3 is 1.75 bits per heavy atom. The molecule has 1 atom stereocenters. The highest BCUT2D eigenvalue weighted by Crippen LogP contribution is 2.25. The van der Waals surface area contributed by atoms with Gasteiger partial charge in [-0.1, -0.05) is 32.9 Å². The smallest absolute Gasteiger partial charge is 0.186 e. The summed E-state index contributed by atoms with van der Waals surface area (Å²) in [7, 11) is 0. The molecule has 2 rings (SSSR count). The van der Waals surface area contributed by atoms with Gasteiger partial charge in [-0.3, -0.25) is 0 Å². The highest BCUT2D eigenvalue weighted by atomic mass is 32.2. The summed E-state index contributed by atoms with van der Waals surface area (Å²) in [5, 5.41) is 3.27. The van der Waals surface area contributed by atoms with E-state index in [1.807, 2.05) is 12.1 Å². The van der Waals surface area contributed by atoms with Gasteiger partial charge in [-0.2, -0.15) is 0 Å². The van der Waals surface area contributed by atoms with Crippen LogP contribution >= 0.6 is 0 Å². The molecule has 0 heterocycles. The highest BCUT2D eigenvalue weighted by Gasteiger charge is 2.12. The predicted molar refractivity (Wildman–Crippen MR) is 83.9 cm³/mol. The average molecular weight is 289 g/mol. The number of benzene rings is 2. The lowest BCUT2D eigenvalue weighted by Crippen LogP contribution is -2.10. The molecule has 3 nitrogen and oxygen atoms in total. The van der Waals surface area contributed by atoms with Gasteiger partial charge in [-0.05, 0) is 47.4 Å². The Bertz CT molecular complexity index is 598. The number of nitrogens with one attached hydrogen (secondary N) is 1. The average Bonchev–Trinajstić information content (AvgIpc) is 2.39. The van der Waals surface area contributed by atoms with Crippen molar-refractivity contribution in [2.75, 3.05) is 5.32 Å². The van der Waals surface area contributed by atoms with Crippen LogP contribution in [0, 0.1) is 0 Å². The SMILES string of the molecule is CC(C)(C)c1ccc(Nc2ccc(S(=O)O)cc2)cc1. The third kappa shape index (κ3) is 3.68. The summed E-state index contributed by atoms with van der Waals surface area (Å²) >= 11 is -1.92. The molecule has 0 saturated heterocycles. The second kappa shape index (κ2) is 5.77. The maximum atomic E-state index is 10.9. The molecule has 0 spiro atoms. The van der Waals surface area contributed by atoms with Gasteiger partial charge in [0.05, 0.1) is 4.90 Å². The van der Waals surface area contributed by atoms with E-state index in [9.17, 15) is 4.21 Å². The molecule has 0 aromatic heterocycles. The molecule has 0 bridgehead atoms. The van der Waals surface area contributed by atoms with Crippen molar-refractivity contribution in [3.8, 4) is 0 Å². The van der Waals surface area contributed by atoms with Crippen LogP contribution in [0.25, 0.3) is 0 Å². The van der Waals surface area contributed by atoms with Crippen molar-refractivity contribution in [2.45, 2.75) is 31.1 Å². The Hall–Kier alpha value is -1.65. The van der Waals surface area contributed by atoms with E-state index in [0.717, 1.165) is 11.4 Å². The van der Waals surface area contributed by atoms with E-state index in [-0.39, 0.29) is 5.41 Å². The summed E-state index contributed by atoms with van der Waals surface area (Å²) in [5.74, 6) is 0. The summed E-state index contributed by atoms with van der Waals surface area (Å²) in [6.45, 7) is 6.55. The van der Waals surface area contributed by atoms with Crippen LogP contribution in [-0.4, -0.2) is 8.76 Å². The fraction of sp³-hybridized carbons (Fsp3) is 0.250. The van der Waals surface area contributed by atoms with E-state index < -0.39 is 11.1 Å². The number of hydrogen-bond acceptors (Lipinski definition) is 2. The lowest BCUT2D eigenvalue weighted by Gasteiger charge is -2.19. The van der Waals surface area contributed by atoms with Crippen LogP contribution in [0.1, 0.15) is 26.3 Å². The zero-order chi connectivity index (χ0) is 14.8. The molecule has 0 amide bonds. The Morgan fingerprint density at radius 1 is 0.900 bits per heavy atom. The predicted octanol–water partition coefficient (Wildman–Crippen LogP) is 4.31. The van der Waals surface area contributed by atoms with Gasteiger partial charge in [-0.25, -0.2) is 4.21 Å². The summed E-state index contributed by atoms with van der Waals surface area (Å²) in [5.41, 5.74) is 3.32. The summed E-state index contributed by atoms with van der Waals surface area (Å²) < 4.78 is 19.9. The van der Waals surface area contributed by atoms with E-state index in [2.05, 4.69) is 38.2 Å². The minimum absolute atomic E-state index is 0.144. The van der Waals surface area contributed by atoms with Gasteiger partial charge >= 0.3 is 0 Å². The quantitative estimate of drug-likeness (QED) is 0.828. The lowest BCUT2D eigenvalue weighted by atomic mass is 9.87. The van der Waals surface area contributed by atoms with Crippen LogP contribution < -0.4 is 5.32 Å². The summed E-state index contributed by atoms with van der Waals surface area (Å²) in [4.78, 5) is 0.402. The van der Waals surface area contributed by atoms with Gasteiger partial charge in [0.1, 0.15) is 0 Å². The van der Waals surface area contributed by atoms with Crippen LogP contribution in [0.2, 0.25) is 0 Å². The molecule has 0 radical (unpaired) electrons. The first kappa shape index (κ1) is 14.8. The van der Waals surface area contributed by atoms with Gasteiger partial charge in [0, 0.05) is 11.4 Å². The third-order valence-corrected chi connectivity index (χ3v) is 3.77. The first-order chi connectivity index (χ1) is 9.36. The molecule has 106 valence electrons. The number of hydrogen-bond donors (Lipinski definition) is 2. The topological polar surface area (TPSA) is 49.3 Å². The maximum absolute atomic E-state index is 10.9. The Balaban J connectivity index is 2.12. The Labute approximate surface area is 122 Å². The van der Waals surface area contributed by atoms with Gasteiger partial charge < -0.3 is 9.87 Å².